The Balaban J connectivity index is 3.25. The lowest BCUT2D eigenvalue weighted by Gasteiger charge is -2.15. The minimum Gasteiger partial charge on any atom is -0.395 e. The van der Waals surface area contributed by atoms with Crippen LogP contribution >= 0.6 is 0 Å². The van der Waals surface area contributed by atoms with Gasteiger partial charge in [0.2, 0.25) is 5.91 Å². The predicted molar refractivity (Wildman–Crippen MR) is 77.6 cm³/mol. The molecule has 0 aliphatic heterocycles. The summed E-state index contributed by atoms with van der Waals surface area (Å²) in [4.78, 5) is 10.8. The van der Waals surface area contributed by atoms with Crippen LogP contribution in [0.2, 0.25) is 0 Å². The maximum absolute atomic E-state index is 13.1. The van der Waals surface area contributed by atoms with Crippen molar-refractivity contribution >= 4 is 17.3 Å². The van der Waals surface area contributed by atoms with E-state index in [0.29, 0.717) is 0 Å². The van der Waals surface area contributed by atoms with Crippen molar-refractivity contribution in [2.75, 3.05) is 18.5 Å². The minimum atomic E-state index is -4.58. The highest BCUT2D eigenvalue weighted by atomic mass is 19.4. The number of carbonyl (C=O) groups is 1. The number of allylic oxidation sites excluding steroid dienone is 1. The number of alkyl halides is 3. The largest absolute Gasteiger partial charge is 0.418 e. The van der Waals surface area contributed by atoms with Crippen LogP contribution in [0.25, 0.3) is 0 Å². The number of carbonyl (C=O) groups excluding carboxylic acids is 1. The fourth-order valence-electron chi connectivity index (χ4n) is 1.65. The monoisotopic (exact) mass is 315 g/mol. The van der Waals surface area contributed by atoms with Crippen molar-refractivity contribution < 1.29 is 23.1 Å². The quantitative estimate of drug-likeness (QED) is 0.556. The molecule has 1 aromatic carbocycles. The Morgan fingerprint density at radius 1 is 1.45 bits per heavy atom. The van der Waals surface area contributed by atoms with Crippen LogP contribution in [0.4, 0.5) is 18.9 Å². The van der Waals surface area contributed by atoms with Gasteiger partial charge in [-0.25, -0.2) is 5.43 Å². The molecule has 1 rings (SSSR count). The lowest BCUT2D eigenvalue weighted by molar-refractivity contribution is -0.137. The standard InChI is InChI=1S/C14H16F3N3O2/c1-3-12(20-19-9(2)22)10-4-5-13(18-6-7-21)11(8-10)14(15,16)17/h3-5,8,18,21H,1,6-7H2,2H3,(H,19,22)/b20-12+. The highest BCUT2D eigenvalue weighted by Crippen LogP contribution is 2.35. The third kappa shape index (κ3) is 4.88. The second kappa shape index (κ2) is 7.60. The van der Waals surface area contributed by atoms with E-state index < -0.39 is 17.6 Å². The lowest BCUT2D eigenvalue weighted by atomic mass is 10.0. The van der Waals surface area contributed by atoms with Gasteiger partial charge >= 0.3 is 6.18 Å². The van der Waals surface area contributed by atoms with Crippen LogP contribution in [0, 0.1) is 0 Å². The van der Waals surface area contributed by atoms with Gasteiger partial charge in [-0.3, -0.25) is 4.79 Å². The molecule has 0 bridgehead atoms. The fraction of sp³-hybridized carbons (Fsp3) is 0.286. The molecule has 1 amide bonds. The number of hydrogen-bond acceptors (Lipinski definition) is 4. The van der Waals surface area contributed by atoms with Crippen LogP contribution < -0.4 is 10.7 Å². The number of anilines is 1. The molecule has 0 heterocycles. The van der Waals surface area contributed by atoms with Gasteiger partial charge in [0.05, 0.1) is 17.9 Å². The summed E-state index contributed by atoms with van der Waals surface area (Å²) in [7, 11) is 0. The number of aliphatic hydroxyl groups excluding tert-OH is 1. The number of benzene rings is 1. The molecule has 0 aromatic heterocycles. The Kier molecular flexibility index (Phi) is 6.11. The lowest BCUT2D eigenvalue weighted by Crippen LogP contribution is -2.17. The van der Waals surface area contributed by atoms with Gasteiger partial charge in [-0.1, -0.05) is 12.6 Å². The van der Waals surface area contributed by atoms with Crippen LogP contribution in [0.15, 0.2) is 36.0 Å². The van der Waals surface area contributed by atoms with Gasteiger partial charge < -0.3 is 10.4 Å². The molecule has 0 aliphatic rings. The highest BCUT2D eigenvalue weighted by Gasteiger charge is 2.34. The van der Waals surface area contributed by atoms with E-state index in [1.54, 1.807) is 0 Å². The molecule has 22 heavy (non-hydrogen) atoms. The van der Waals surface area contributed by atoms with Gasteiger partial charge in [0.15, 0.2) is 0 Å². The summed E-state index contributed by atoms with van der Waals surface area (Å²) in [5.41, 5.74) is 1.38. The number of hydrazone groups is 1. The zero-order valence-corrected chi connectivity index (χ0v) is 11.9. The Bertz CT molecular complexity index is 583. The smallest absolute Gasteiger partial charge is 0.395 e. The first-order valence-electron chi connectivity index (χ1n) is 6.32. The summed E-state index contributed by atoms with van der Waals surface area (Å²) in [5, 5.41) is 14.9. The molecule has 0 spiro atoms. The maximum Gasteiger partial charge on any atom is 0.418 e. The summed E-state index contributed by atoms with van der Waals surface area (Å²) in [6, 6.07) is 3.56. The molecular weight excluding hydrogens is 299 g/mol. The SMILES string of the molecule is C=C/C(=N\NC(C)=O)c1ccc(NCCO)c(C(F)(F)F)c1. The molecular formula is C14H16F3N3O2. The average Bonchev–Trinajstić information content (AvgIpc) is 2.45. The Morgan fingerprint density at radius 3 is 2.64 bits per heavy atom. The van der Waals surface area contributed by atoms with Gasteiger partial charge in [-0.05, 0) is 18.2 Å². The van der Waals surface area contributed by atoms with Gasteiger partial charge in [0.1, 0.15) is 0 Å². The molecule has 0 fully saturated rings. The van der Waals surface area contributed by atoms with E-state index in [1.807, 2.05) is 0 Å². The van der Waals surface area contributed by atoms with E-state index in [2.05, 4.69) is 22.4 Å². The van der Waals surface area contributed by atoms with E-state index in [0.717, 1.165) is 6.07 Å². The molecule has 0 atom stereocenters. The molecule has 8 heteroatoms. The molecule has 3 N–H and O–H groups in total. The molecule has 0 unspecified atom stereocenters. The molecule has 0 saturated carbocycles. The van der Waals surface area contributed by atoms with Crippen molar-refractivity contribution in [2.45, 2.75) is 13.1 Å². The summed E-state index contributed by atoms with van der Waals surface area (Å²) in [5.74, 6) is -0.448. The number of amides is 1. The number of rotatable bonds is 6. The first-order valence-corrected chi connectivity index (χ1v) is 6.32. The Hall–Kier alpha value is -2.35. The fourth-order valence-corrected chi connectivity index (χ4v) is 1.65. The van der Waals surface area contributed by atoms with E-state index in [4.69, 9.17) is 5.11 Å². The number of nitrogens with one attached hydrogen (secondary N) is 2. The van der Waals surface area contributed by atoms with Crippen LogP contribution in [0.1, 0.15) is 18.1 Å². The van der Waals surface area contributed by atoms with Crippen LogP contribution in [0.3, 0.4) is 0 Å². The normalized spacial score (nSPS) is 12.0. The molecule has 0 aliphatic carbocycles. The van der Waals surface area contributed by atoms with Gasteiger partial charge in [0, 0.05) is 24.7 Å². The Morgan fingerprint density at radius 2 is 2.14 bits per heavy atom. The Labute approximate surface area is 125 Å². The minimum absolute atomic E-state index is 0.00325. The third-order valence-corrected chi connectivity index (χ3v) is 2.58. The second-order valence-electron chi connectivity index (χ2n) is 4.28. The number of aliphatic hydroxyl groups is 1. The van der Waals surface area contributed by atoms with E-state index in [9.17, 15) is 18.0 Å². The molecule has 0 radical (unpaired) electrons. The summed E-state index contributed by atoms with van der Waals surface area (Å²) < 4.78 is 39.3. The molecule has 120 valence electrons. The predicted octanol–water partition coefficient (Wildman–Crippen LogP) is 2.14. The highest BCUT2D eigenvalue weighted by molar-refractivity contribution is 6.09. The number of hydrogen-bond donors (Lipinski definition) is 3. The van der Waals surface area contributed by atoms with Crippen molar-refractivity contribution in [1.82, 2.24) is 5.43 Å². The van der Waals surface area contributed by atoms with Crippen molar-refractivity contribution in [3.8, 4) is 0 Å². The molecule has 1 aromatic rings. The van der Waals surface area contributed by atoms with Gasteiger partial charge in [-0.15, -0.1) is 0 Å². The van der Waals surface area contributed by atoms with Crippen LogP contribution in [-0.4, -0.2) is 29.9 Å². The number of nitrogens with zero attached hydrogens (tertiary/aromatic N) is 1. The van der Waals surface area contributed by atoms with Crippen molar-refractivity contribution in [1.29, 1.82) is 0 Å². The van der Waals surface area contributed by atoms with E-state index >= 15 is 0 Å². The topological polar surface area (TPSA) is 73.7 Å². The third-order valence-electron chi connectivity index (χ3n) is 2.58. The van der Waals surface area contributed by atoms with Crippen molar-refractivity contribution in [2.24, 2.45) is 5.10 Å². The summed E-state index contributed by atoms with van der Waals surface area (Å²) in [6.07, 6.45) is -3.33. The second-order valence-corrected chi connectivity index (χ2v) is 4.28. The first-order chi connectivity index (χ1) is 10.3. The van der Waals surface area contributed by atoms with Crippen molar-refractivity contribution in [3.63, 3.8) is 0 Å². The summed E-state index contributed by atoms with van der Waals surface area (Å²) >= 11 is 0. The van der Waals surface area contributed by atoms with Crippen LogP contribution in [-0.2, 0) is 11.0 Å². The molecule has 0 saturated heterocycles. The van der Waals surface area contributed by atoms with E-state index in [-0.39, 0.29) is 30.1 Å². The summed E-state index contributed by atoms with van der Waals surface area (Å²) in [6.45, 7) is 4.40. The van der Waals surface area contributed by atoms with Gasteiger partial charge in [0.25, 0.3) is 0 Å². The zero-order valence-electron chi connectivity index (χ0n) is 11.9. The average molecular weight is 315 g/mol. The molecule has 5 nitrogen and oxygen atoms in total. The van der Waals surface area contributed by atoms with E-state index in [1.165, 1.54) is 25.1 Å². The van der Waals surface area contributed by atoms with Crippen molar-refractivity contribution in [3.05, 3.63) is 42.0 Å². The van der Waals surface area contributed by atoms with Crippen LogP contribution in [0.5, 0.6) is 0 Å². The maximum atomic E-state index is 13.1. The zero-order chi connectivity index (χ0) is 16.8. The number of halogens is 3. The van der Waals surface area contributed by atoms with Gasteiger partial charge in [-0.2, -0.15) is 18.3 Å². The first kappa shape index (κ1) is 17.7.